The van der Waals surface area contributed by atoms with Crippen LogP contribution in [-0.2, 0) is 4.74 Å². The van der Waals surface area contributed by atoms with Gasteiger partial charge in [-0.3, -0.25) is 4.90 Å². The van der Waals surface area contributed by atoms with Crippen LogP contribution in [0.1, 0.15) is 41.4 Å². The Morgan fingerprint density at radius 2 is 1.68 bits per heavy atom. The Balaban J connectivity index is 2.25. The molecule has 0 aromatic heterocycles. The van der Waals surface area contributed by atoms with Gasteiger partial charge < -0.3 is 9.47 Å². The van der Waals surface area contributed by atoms with Crippen molar-refractivity contribution in [2.24, 2.45) is 0 Å². The van der Waals surface area contributed by atoms with Gasteiger partial charge in [0.2, 0.25) is 0 Å². The van der Waals surface area contributed by atoms with Gasteiger partial charge in [0.1, 0.15) is 17.4 Å². The number of para-hydroxylation sites is 1. The molecule has 2 aromatic carbocycles. The molecule has 0 bridgehead atoms. The maximum atomic E-state index is 12.7. The predicted molar refractivity (Wildman–Crippen MR) is 100 cm³/mol. The van der Waals surface area contributed by atoms with Crippen molar-refractivity contribution in [3.63, 3.8) is 0 Å². The van der Waals surface area contributed by atoms with E-state index in [9.17, 15) is 4.79 Å². The van der Waals surface area contributed by atoms with E-state index in [0.717, 1.165) is 18.7 Å². The second kappa shape index (κ2) is 9.23. The Morgan fingerprint density at radius 1 is 1.04 bits per heavy atom. The summed E-state index contributed by atoms with van der Waals surface area (Å²) in [5.74, 6) is 0.160. The van der Waals surface area contributed by atoms with Gasteiger partial charge in [0.05, 0.1) is 7.11 Å². The maximum absolute atomic E-state index is 12.7. The molecule has 0 aliphatic rings. The first-order chi connectivity index (χ1) is 12.1. The predicted octanol–water partition coefficient (Wildman–Crippen LogP) is 4.24. The molecule has 25 heavy (non-hydrogen) atoms. The van der Waals surface area contributed by atoms with Gasteiger partial charge in [0.25, 0.3) is 0 Å². The maximum Gasteiger partial charge on any atom is 0.342 e. The minimum Gasteiger partial charge on any atom is -0.496 e. The van der Waals surface area contributed by atoms with Crippen LogP contribution in [0, 0.1) is 6.92 Å². The van der Waals surface area contributed by atoms with Crippen LogP contribution in [0.25, 0.3) is 0 Å². The van der Waals surface area contributed by atoms with E-state index >= 15 is 0 Å². The number of nitrogens with zero attached hydrogens (tertiary/aromatic N) is 1. The van der Waals surface area contributed by atoms with E-state index in [0.29, 0.717) is 17.9 Å². The number of ether oxygens (including phenoxy) is 2. The third kappa shape index (κ3) is 5.07. The lowest BCUT2D eigenvalue weighted by Gasteiger charge is -2.26. The highest BCUT2D eigenvalue weighted by molar-refractivity contribution is 5.92. The molecule has 0 saturated heterocycles. The molecule has 4 nitrogen and oxygen atoms in total. The van der Waals surface area contributed by atoms with Crippen LogP contribution in [0.5, 0.6) is 5.75 Å². The van der Waals surface area contributed by atoms with Gasteiger partial charge in [-0.25, -0.2) is 4.79 Å². The summed E-state index contributed by atoms with van der Waals surface area (Å²) in [5.41, 5.74) is 2.63. The zero-order chi connectivity index (χ0) is 18.2. The summed E-state index contributed by atoms with van der Waals surface area (Å²) in [6, 6.07) is 15.3. The Labute approximate surface area is 150 Å². The highest BCUT2D eigenvalue weighted by atomic mass is 16.5. The molecule has 0 aliphatic carbocycles. The summed E-state index contributed by atoms with van der Waals surface area (Å²) in [6.45, 7) is 8.74. The molecule has 1 unspecified atom stereocenters. The lowest BCUT2D eigenvalue weighted by molar-refractivity contribution is 0.0201. The molecule has 2 rings (SSSR count). The van der Waals surface area contributed by atoms with E-state index in [2.05, 4.69) is 18.7 Å². The highest BCUT2D eigenvalue weighted by Gasteiger charge is 2.22. The van der Waals surface area contributed by atoms with Crippen LogP contribution in [0.2, 0.25) is 0 Å². The molecule has 4 heteroatoms. The monoisotopic (exact) mass is 341 g/mol. The van der Waals surface area contributed by atoms with Crippen molar-refractivity contribution in [3.05, 3.63) is 65.2 Å². The van der Waals surface area contributed by atoms with E-state index < -0.39 is 0 Å². The first-order valence-electron chi connectivity index (χ1n) is 8.71. The van der Waals surface area contributed by atoms with Gasteiger partial charge in [-0.1, -0.05) is 55.8 Å². The van der Waals surface area contributed by atoms with Crippen molar-refractivity contribution in [1.29, 1.82) is 0 Å². The minimum absolute atomic E-state index is 0.321. The van der Waals surface area contributed by atoms with E-state index in [1.807, 2.05) is 43.3 Å². The fraction of sp³-hybridized carbons (Fsp3) is 0.381. The number of aryl methyl sites for hydroxylation is 1. The Bertz CT molecular complexity index is 678. The van der Waals surface area contributed by atoms with E-state index in [1.54, 1.807) is 19.2 Å². The molecule has 0 N–H and O–H groups in total. The Morgan fingerprint density at radius 3 is 2.28 bits per heavy atom. The van der Waals surface area contributed by atoms with Gasteiger partial charge in [-0.2, -0.15) is 0 Å². The number of esters is 1. The van der Waals surface area contributed by atoms with Crippen molar-refractivity contribution in [3.8, 4) is 5.75 Å². The summed E-state index contributed by atoms with van der Waals surface area (Å²) >= 11 is 0. The molecule has 0 spiro atoms. The van der Waals surface area contributed by atoms with Crippen LogP contribution in [0.15, 0.2) is 48.5 Å². The van der Waals surface area contributed by atoms with Crippen molar-refractivity contribution in [1.82, 2.24) is 4.90 Å². The second-order valence-electron chi connectivity index (χ2n) is 5.99. The molecule has 0 aliphatic heterocycles. The normalized spacial score (nSPS) is 12.0. The van der Waals surface area contributed by atoms with Crippen LogP contribution in [-0.4, -0.2) is 37.6 Å². The second-order valence-corrected chi connectivity index (χ2v) is 5.99. The third-order valence-electron chi connectivity index (χ3n) is 4.34. The zero-order valence-corrected chi connectivity index (χ0v) is 15.5. The molecular weight excluding hydrogens is 314 g/mol. The molecule has 134 valence electrons. The first kappa shape index (κ1) is 19.0. The van der Waals surface area contributed by atoms with Gasteiger partial charge in [-0.05, 0) is 37.7 Å². The van der Waals surface area contributed by atoms with Gasteiger partial charge in [-0.15, -0.1) is 0 Å². The number of rotatable bonds is 8. The Hall–Kier alpha value is -2.33. The largest absolute Gasteiger partial charge is 0.496 e. The lowest BCUT2D eigenvalue weighted by atomic mass is 10.1. The molecule has 1 atom stereocenters. The summed E-state index contributed by atoms with van der Waals surface area (Å²) in [7, 11) is 1.56. The molecule has 0 amide bonds. The van der Waals surface area contributed by atoms with Gasteiger partial charge in [0, 0.05) is 6.54 Å². The quantitative estimate of drug-likeness (QED) is 0.673. The number of carbonyl (C=O) groups is 1. The van der Waals surface area contributed by atoms with Crippen LogP contribution in [0.3, 0.4) is 0 Å². The number of hydrogen-bond acceptors (Lipinski definition) is 4. The van der Waals surface area contributed by atoms with Gasteiger partial charge >= 0.3 is 5.97 Å². The van der Waals surface area contributed by atoms with Crippen molar-refractivity contribution in [2.45, 2.75) is 26.9 Å². The minimum atomic E-state index is -0.366. The van der Waals surface area contributed by atoms with Crippen LogP contribution < -0.4 is 4.74 Å². The number of methoxy groups -OCH3 is 1. The van der Waals surface area contributed by atoms with E-state index in [-0.39, 0.29) is 12.1 Å². The topological polar surface area (TPSA) is 38.8 Å². The summed E-state index contributed by atoms with van der Waals surface area (Å²) in [6.07, 6.45) is -0.321. The summed E-state index contributed by atoms with van der Waals surface area (Å²) < 4.78 is 11.2. The smallest absolute Gasteiger partial charge is 0.342 e. The fourth-order valence-electron chi connectivity index (χ4n) is 2.71. The standard InChI is InChI=1S/C21H27NO3/c1-5-22(6-2)15-20(17-13-11-16(3)12-14-17)25-21(23)18-9-7-8-10-19(18)24-4/h7-14,20H,5-6,15H2,1-4H3. The molecule has 0 radical (unpaired) electrons. The molecule has 0 saturated carbocycles. The lowest BCUT2D eigenvalue weighted by Crippen LogP contribution is -2.30. The molecule has 0 fully saturated rings. The van der Waals surface area contributed by atoms with E-state index in [1.165, 1.54) is 5.56 Å². The van der Waals surface area contributed by atoms with Crippen LogP contribution in [0.4, 0.5) is 0 Å². The Kier molecular flexibility index (Phi) is 7.02. The average molecular weight is 341 g/mol. The molecular formula is C21H27NO3. The van der Waals surface area contributed by atoms with E-state index in [4.69, 9.17) is 9.47 Å². The van der Waals surface area contributed by atoms with Crippen molar-refractivity contribution < 1.29 is 14.3 Å². The molecule has 2 aromatic rings. The molecule has 0 heterocycles. The first-order valence-corrected chi connectivity index (χ1v) is 8.71. The summed E-state index contributed by atoms with van der Waals surface area (Å²) in [5, 5.41) is 0. The SMILES string of the molecule is CCN(CC)CC(OC(=O)c1ccccc1OC)c1ccc(C)cc1. The number of hydrogen-bond donors (Lipinski definition) is 0. The highest BCUT2D eigenvalue weighted by Crippen LogP contribution is 2.24. The number of carbonyl (C=O) groups excluding carboxylic acids is 1. The summed E-state index contributed by atoms with van der Waals surface area (Å²) in [4.78, 5) is 15.0. The van der Waals surface area contributed by atoms with Crippen LogP contribution >= 0.6 is 0 Å². The zero-order valence-electron chi connectivity index (χ0n) is 15.5. The number of likely N-dealkylation sites (N-methyl/N-ethyl adjacent to an activating group) is 1. The van der Waals surface area contributed by atoms with Crippen molar-refractivity contribution in [2.75, 3.05) is 26.7 Å². The van der Waals surface area contributed by atoms with Gasteiger partial charge in [0.15, 0.2) is 0 Å². The third-order valence-corrected chi connectivity index (χ3v) is 4.34. The van der Waals surface area contributed by atoms with Crippen molar-refractivity contribution >= 4 is 5.97 Å². The fourth-order valence-corrected chi connectivity index (χ4v) is 2.71. The average Bonchev–Trinajstić information content (AvgIpc) is 2.65. The number of benzene rings is 2.